The molecule has 14 heavy (non-hydrogen) atoms. The van der Waals surface area contributed by atoms with Gasteiger partial charge in [0.25, 0.3) is 0 Å². The molecule has 0 saturated heterocycles. The van der Waals surface area contributed by atoms with Crippen molar-refractivity contribution in [2.75, 3.05) is 0 Å². The third kappa shape index (κ3) is 2.77. The molecular formula is C7H12N4O3. The monoisotopic (exact) mass is 200 g/mol. The molecular weight excluding hydrogens is 188 g/mol. The summed E-state index contributed by atoms with van der Waals surface area (Å²) < 4.78 is 5.27. The zero-order valence-electron chi connectivity index (χ0n) is 8.18. The average Bonchev–Trinajstić information content (AvgIpc) is 2.49. The van der Waals surface area contributed by atoms with E-state index in [0.717, 1.165) is 0 Å². The highest BCUT2D eigenvalue weighted by Crippen LogP contribution is 2.20. The third-order valence-electron chi connectivity index (χ3n) is 1.31. The molecule has 2 N–H and O–H groups in total. The molecule has 7 nitrogen and oxygen atoms in total. The van der Waals surface area contributed by atoms with Crippen LogP contribution in [0, 0.1) is 0 Å². The number of nitrogens with one attached hydrogen (secondary N) is 1. The van der Waals surface area contributed by atoms with Crippen LogP contribution in [0.4, 0.5) is 0 Å². The number of aromatic amines is 1. The lowest BCUT2D eigenvalue weighted by atomic mass is 10.2. The lowest BCUT2D eigenvalue weighted by molar-refractivity contribution is -0.161. The minimum Gasteiger partial charge on any atom is -0.479 e. The first-order chi connectivity index (χ1) is 6.40. The van der Waals surface area contributed by atoms with Crippen molar-refractivity contribution in [3.8, 4) is 0 Å². The first-order valence-electron chi connectivity index (χ1n) is 4.04. The van der Waals surface area contributed by atoms with Gasteiger partial charge >= 0.3 is 5.97 Å². The smallest absolute Gasteiger partial charge is 0.340 e. The summed E-state index contributed by atoms with van der Waals surface area (Å²) >= 11 is 0. The van der Waals surface area contributed by atoms with Crippen molar-refractivity contribution in [1.82, 2.24) is 20.6 Å². The van der Waals surface area contributed by atoms with Crippen molar-refractivity contribution >= 4 is 5.97 Å². The third-order valence-corrected chi connectivity index (χ3v) is 1.31. The molecule has 0 aliphatic carbocycles. The van der Waals surface area contributed by atoms with Crippen LogP contribution in [-0.2, 0) is 9.53 Å². The summed E-state index contributed by atoms with van der Waals surface area (Å²) in [5.74, 6) is -1.04. The summed E-state index contributed by atoms with van der Waals surface area (Å²) in [4.78, 5) is 10.8. The van der Waals surface area contributed by atoms with E-state index in [1.165, 1.54) is 0 Å². The van der Waals surface area contributed by atoms with Crippen LogP contribution in [0.15, 0.2) is 0 Å². The largest absolute Gasteiger partial charge is 0.479 e. The molecule has 1 rings (SSSR count). The number of carboxylic acids is 1. The molecule has 0 bridgehead atoms. The Hall–Kier alpha value is -1.50. The van der Waals surface area contributed by atoms with E-state index >= 15 is 0 Å². The van der Waals surface area contributed by atoms with Crippen molar-refractivity contribution in [2.24, 2.45) is 0 Å². The van der Waals surface area contributed by atoms with Gasteiger partial charge in [-0.3, -0.25) is 0 Å². The number of ether oxygens (including phenoxy) is 1. The maximum atomic E-state index is 10.8. The molecule has 0 amide bonds. The number of aromatic nitrogens is 4. The van der Waals surface area contributed by atoms with Crippen molar-refractivity contribution in [1.29, 1.82) is 0 Å². The van der Waals surface area contributed by atoms with E-state index in [2.05, 4.69) is 20.6 Å². The maximum Gasteiger partial charge on any atom is 0.340 e. The van der Waals surface area contributed by atoms with Crippen LogP contribution in [-0.4, -0.2) is 37.3 Å². The van der Waals surface area contributed by atoms with Crippen LogP contribution in [0.2, 0.25) is 0 Å². The molecule has 1 aromatic rings. The molecule has 1 atom stereocenters. The fourth-order valence-electron chi connectivity index (χ4n) is 0.854. The molecule has 0 spiro atoms. The summed E-state index contributed by atoms with van der Waals surface area (Å²) in [5, 5.41) is 21.3. The lowest BCUT2D eigenvalue weighted by Gasteiger charge is -2.23. The Labute approximate surface area is 80.5 Å². The highest BCUT2D eigenvalue weighted by Gasteiger charge is 2.29. The molecule has 7 heteroatoms. The zero-order valence-corrected chi connectivity index (χ0v) is 8.18. The van der Waals surface area contributed by atoms with E-state index in [1.54, 1.807) is 20.8 Å². The van der Waals surface area contributed by atoms with Crippen molar-refractivity contribution in [3.05, 3.63) is 5.82 Å². The number of hydrogen-bond acceptors (Lipinski definition) is 5. The zero-order chi connectivity index (χ0) is 10.8. The normalized spacial score (nSPS) is 13.9. The predicted octanol–water partition coefficient (Wildman–Crippen LogP) is 0.140. The number of tetrazole rings is 1. The van der Waals surface area contributed by atoms with E-state index in [0.29, 0.717) is 0 Å². The second kappa shape index (κ2) is 3.70. The van der Waals surface area contributed by atoms with Gasteiger partial charge in [-0.05, 0) is 31.2 Å². The number of H-pyrrole nitrogens is 1. The van der Waals surface area contributed by atoms with Gasteiger partial charge in [-0.25, -0.2) is 9.89 Å². The highest BCUT2D eigenvalue weighted by atomic mass is 16.5. The first kappa shape index (κ1) is 10.6. The predicted molar refractivity (Wildman–Crippen MR) is 45.4 cm³/mol. The van der Waals surface area contributed by atoms with Crippen molar-refractivity contribution in [2.45, 2.75) is 32.5 Å². The number of rotatable bonds is 3. The van der Waals surface area contributed by atoms with E-state index < -0.39 is 17.7 Å². The fourth-order valence-corrected chi connectivity index (χ4v) is 0.854. The Bertz CT molecular complexity index is 303. The Morgan fingerprint density at radius 3 is 2.57 bits per heavy atom. The Morgan fingerprint density at radius 1 is 1.57 bits per heavy atom. The number of carbonyl (C=O) groups is 1. The van der Waals surface area contributed by atoms with Gasteiger partial charge in [-0.15, -0.1) is 5.10 Å². The molecule has 0 saturated carbocycles. The van der Waals surface area contributed by atoms with Crippen LogP contribution >= 0.6 is 0 Å². The average molecular weight is 200 g/mol. The van der Waals surface area contributed by atoms with Crippen LogP contribution in [0.25, 0.3) is 0 Å². The molecule has 78 valence electrons. The molecule has 0 aliphatic rings. The minimum absolute atomic E-state index is 0.0902. The van der Waals surface area contributed by atoms with Crippen LogP contribution in [0.1, 0.15) is 32.7 Å². The Morgan fingerprint density at radius 2 is 2.21 bits per heavy atom. The van der Waals surface area contributed by atoms with Gasteiger partial charge in [0, 0.05) is 0 Å². The summed E-state index contributed by atoms with van der Waals surface area (Å²) in [6, 6.07) is 0. The van der Waals surface area contributed by atoms with Gasteiger partial charge in [-0.2, -0.15) is 0 Å². The molecule has 1 heterocycles. The van der Waals surface area contributed by atoms with Crippen LogP contribution < -0.4 is 0 Å². The van der Waals surface area contributed by atoms with Crippen LogP contribution in [0.5, 0.6) is 0 Å². The lowest BCUT2D eigenvalue weighted by Crippen LogP contribution is -2.28. The number of hydrogen-bond donors (Lipinski definition) is 2. The van der Waals surface area contributed by atoms with Gasteiger partial charge in [0.05, 0.1) is 5.60 Å². The SMILES string of the molecule is CC(C)(C)OC(C(=O)O)c1nnn[nH]1. The van der Waals surface area contributed by atoms with Crippen molar-refractivity contribution < 1.29 is 14.6 Å². The first-order valence-corrected chi connectivity index (χ1v) is 4.04. The molecule has 1 unspecified atom stereocenters. The van der Waals surface area contributed by atoms with Gasteiger partial charge in [-0.1, -0.05) is 0 Å². The topological polar surface area (TPSA) is 101 Å². The van der Waals surface area contributed by atoms with E-state index in [9.17, 15) is 4.79 Å². The van der Waals surface area contributed by atoms with E-state index in [-0.39, 0.29) is 5.82 Å². The van der Waals surface area contributed by atoms with Crippen LogP contribution in [0.3, 0.4) is 0 Å². The van der Waals surface area contributed by atoms with Crippen molar-refractivity contribution in [3.63, 3.8) is 0 Å². The van der Waals surface area contributed by atoms with Gasteiger partial charge in [0.2, 0.25) is 6.10 Å². The molecule has 0 aliphatic heterocycles. The fraction of sp³-hybridized carbons (Fsp3) is 0.714. The highest BCUT2D eigenvalue weighted by molar-refractivity contribution is 5.73. The summed E-state index contributed by atoms with van der Waals surface area (Å²) in [6.45, 7) is 5.27. The Kier molecular flexibility index (Phi) is 2.80. The standard InChI is InChI=1S/C7H12N4O3/c1-7(2,3)14-4(6(12)13)5-8-10-11-9-5/h4H,1-3H3,(H,12,13)(H,8,9,10,11). The molecule has 0 radical (unpaired) electrons. The van der Waals surface area contributed by atoms with E-state index in [1.807, 2.05) is 0 Å². The van der Waals surface area contributed by atoms with Gasteiger partial charge in [0.15, 0.2) is 5.82 Å². The second-order valence-electron chi connectivity index (χ2n) is 3.73. The maximum absolute atomic E-state index is 10.8. The number of carboxylic acid groups (broad SMARTS) is 1. The quantitative estimate of drug-likeness (QED) is 0.719. The van der Waals surface area contributed by atoms with Gasteiger partial charge in [0.1, 0.15) is 0 Å². The molecule has 0 fully saturated rings. The molecule has 0 aromatic carbocycles. The second-order valence-corrected chi connectivity index (χ2v) is 3.73. The number of aliphatic carboxylic acids is 1. The van der Waals surface area contributed by atoms with Gasteiger partial charge < -0.3 is 9.84 Å². The summed E-state index contributed by atoms with van der Waals surface area (Å²) in [5.41, 5.74) is -0.574. The number of nitrogens with zero attached hydrogens (tertiary/aromatic N) is 3. The molecule has 1 aromatic heterocycles. The summed E-state index contributed by atoms with van der Waals surface area (Å²) in [6.07, 6.45) is -1.16. The summed E-state index contributed by atoms with van der Waals surface area (Å²) in [7, 11) is 0. The minimum atomic E-state index is -1.16. The Balaban J connectivity index is 2.82. The van der Waals surface area contributed by atoms with E-state index in [4.69, 9.17) is 9.84 Å².